The molecule has 18 heavy (non-hydrogen) atoms. The van der Waals surface area contributed by atoms with Gasteiger partial charge in [-0.3, -0.25) is 4.79 Å². The molecule has 1 fully saturated rings. The molecule has 1 aromatic carbocycles. The molecule has 0 radical (unpaired) electrons. The van der Waals surface area contributed by atoms with E-state index in [2.05, 4.69) is 5.32 Å². The van der Waals surface area contributed by atoms with E-state index in [-0.39, 0.29) is 23.3 Å². The van der Waals surface area contributed by atoms with Gasteiger partial charge in [0.1, 0.15) is 6.10 Å². The second-order valence-electron chi connectivity index (χ2n) is 4.75. The van der Waals surface area contributed by atoms with E-state index in [0.717, 1.165) is 17.7 Å². The molecular weight excluding hydrogens is 250 g/mol. The smallest absolute Gasteiger partial charge is 0.253 e. The lowest BCUT2D eigenvalue weighted by Crippen LogP contribution is -2.31. The van der Waals surface area contributed by atoms with Crippen molar-refractivity contribution in [3.05, 3.63) is 29.8 Å². The number of nitrogens with one attached hydrogen (secondary N) is 1. The van der Waals surface area contributed by atoms with Crippen LogP contribution in [0.1, 0.15) is 31.2 Å². The lowest BCUT2D eigenvalue weighted by molar-refractivity contribution is -0.126. The van der Waals surface area contributed by atoms with E-state index in [0.29, 0.717) is 6.61 Å². The Kier molecular flexibility index (Phi) is 4.25. The van der Waals surface area contributed by atoms with Crippen LogP contribution >= 0.6 is 11.6 Å². The summed E-state index contributed by atoms with van der Waals surface area (Å²) in [6.45, 7) is 4.58. The van der Waals surface area contributed by atoms with E-state index in [1.165, 1.54) is 0 Å². The van der Waals surface area contributed by atoms with Crippen LogP contribution in [-0.4, -0.2) is 18.6 Å². The van der Waals surface area contributed by atoms with Crippen molar-refractivity contribution in [3.63, 3.8) is 0 Å². The van der Waals surface area contributed by atoms with Crippen molar-refractivity contribution in [3.8, 4) is 0 Å². The van der Waals surface area contributed by atoms with Gasteiger partial charge >= 0.3 is 0 Å². The third kappa shape index (κ3) is 2.85. The summed E-state index contributed by atoms with van der Waals surface area (Å²) in [5.74, 6) is 0.190. The summed E-state index contributed by atoms with van der Waals surface area (Å²) in [7, 11) is 0. The number of carbonyl (C=O) groups excluding carboxylic acids is 1. The normalized spacial score (nSPS) is 24.8. The molecule has 2 rings (SSSR count). The predicted molar refractivity (Wildman–Crippen MR) is 72.9 cm³/mol. The molecule has 3 nitrogen and oxygen atoms in total. The summed E-state index contributed by atoms with van der Waals surface area (Å²) in [6, 6.07) is 7.59. The molecule has 98 valence electrons. The highest BCUT2D eigenvalue weighted by atomic mass is 35.5. The first-order valence-electron chi connectivity index (χ1n) is 6.25. The summed E-state index contributed by atoms with van der Waals surface area (Å²) in [4.78, 5) is 12.1. The van der Waals surface area contributed by atoms with Crippen LogP contribution in [0.4, 0.5) is 5.69 Å². The number of hydrogen-bond acceptors (Lipinski definition) is 2. The van der Waals surface area contributed by atoms with Gasteiger partial charge in [-0.05, 0) is 30.9 Å². The molecular formula is C14H18ClNO2. The van der Waals surface area contributed by atoms with E-state index in [1.807, 2.05) is 38.1 Å². The average Bonchev–Trinajstić information content (AvgIpc) is 2.76. The fraction of sp³-hybridized carbons (Fsp3) is 0.500. The molecule has 0 aliphatic carbocycles. The van der Waals surface area contributed by atoms with Gasteiger partial charge in [-0.25, -0.2) is 0 Å². The van der Waals surface area contributed by atoms with Crippen LogP contribution in [-0.2, 0) is 9.53 Å². The zero-order chi connectivity index (χ0) is 13.1. The first kappa shape index (κ1) is 13.4. The molecule has 1 aromatic rings. The number of hydrogen-bond donors (Lipinski definition) is 1. The van der Waals surface area contributed by atoms with Crippen LogP contribution in [0, 0.1) is 5.92 Å². The molecule has 4 heteroatoms. The summed E-state index contributed by atoms with van der Waals surface area (Å²) in [5, 5.41) is 2.78. The Labute approximate surface area is 112 Å². The molecule has 0 bridgehead atoms. The Morgan fingerprint density at radius 2 is 2.22 bits per heavy atom. The third-order valence-electron chi connectivity index (χ3n) is 3.29. The molecule has 1 N–H and O–H groups in total. The maximum absolute atomic E-state index is 12.1. The predicted octanol–water partition coefficient (Wildman–Crippen LogP) is 3.35. The van der Waals surface area contributed by atoms with Crippen LogP contribution < -0.4 is 5.32 Å². The Bertz CT molecular complexity index is 434. The van der Waals surface area contributed by atoms with Crippen molar-refractivity contribution in [2.75, 3.05) is 11.9 Å². The lowest BCUT2D eigenvalue weighted by atomic mass is 10.0. The monoisotopic (exact) mass is 267 g/mol. The molecule has 0 spiro atoms. The van der Waals surface area contributed by atoms with Crippen molar-refractivity contribution in [2.45, 2.75) is 31.7 Å². The topological polar surface area (TPSA) is 38.3 Å². The maximum atomic E-state index is 12.1. The van der Waals surface area contributed by atoms with Gasteiger partial charge < -0.3 is 10.1 Å². The van der Waals surface area contributed by atoms with Crippen LogP contribution in [0.5, 0.6) is 0 Å². The Morgan fingerprint density at radius 1 is 1.50 bits per heavy atom. The van der Waals surface area contributed by atoms with Crippen molar-refractivity contribution >= 4 is 23.2 Å². The number of ether oxygens (including phenoxy) is 1. The molecule has 1 aliphatic heterocycles. The zero-order valence-electron chi connectivity index (χ0n) is 10.7. The number of amides is 1. The first-order chi connectivity index (χ1) is 8.59. The summed E-state index contributed by atoms with van der Waals surface area (Å²) < 4.78 is 5.45. The highest BCUT2D eigenvalue weighted by Crippen LogP contribution is 2.28. The van der Waals surface area contributed by atoms with E-state index >= 15 is 0 Å². The van der Waals surface area contributed by atoms with Gasteiger partial charge in [-0.2, -0.15) is 0 Å². The van der Waals surface area contributed by atoms with E-state index in [9.17, 15) is 4.79 Å². The first-order valence-corrected chi connectivity index (χ1v) is 6.68. The highest BCUT2D eigenvalue weighted by molar-refractivity contribution is 6.21. The fourth-order valence-corrected chi connectivity index (χ4v) is 2.38. The number of halogens is 1. The number of rotatable bonds is 3. The number of benzene rings is 1. The minimum absolute atomic E-state index is 0.0789. The molecule has 1 heterocycles. The van der Waals surface area contributed by atoms with Gasteiger partial charge in [-0.15, -0.1) is 11.6 Å². The van der Waals surface area contributed by atoms with Gasteiger partial charge in [0.2, 0.25) is 0 Å². The summed E-state index contributed by atoms with van der Waals surface area (Å²) in [5.41, 5.74) is 1.70. The molecule has 1 amide bonds. The minimum Gasteiger partial charge on any atom is -0.368 e. The van der Waals surface area contributed by atoms with Crippen LogP contribution in [0.15, 0.2) is 24.3 Å². The average molecular weight is 268 g/mol. The van der Waals surface area contributed by atoms with Crippen molar-refractivity contribution in [1.29, 1.82) is 0 Å². The zero-order valence-corrected chi connectivity index (χ0v) is 11.4. The van der Waals surface area contributed by atoms with E-state index < -0.39 is 0 Å². The fourth-order valence-electron chi connectivity index (χ4n) is 2.19. The second kappa shape index (κ2) is 5.72. The van der Waals surface area contributed by atoms with Gasteiger partial charge in [-0.1, -0.05) is 25.1 Å². The van der Waals surface area contributed by atoms with Crippen LogP contribution in [0.2, 0.25) is 0 Å². The molecule has 0 saturated carbocycles. The highest BCUT2D eigenvalue weighted by Gasteiger charge is 2.31. The number of alkyl halides is 1. The number of carbonyl (C=O) groups is 1. The van der Waals surface area contributed by atoms with Crippen LogP contribution in [0.25, 0.3) is 0 Å². The standard InChI is InChI=1S/C14H18ClNO2/c1-9-7-8-18-13(9)14(17)16-12-6-4-3-5-11(12)10(2)15/h3-6,9-10,13H,7-8H2,1-2H3,(H,16,17). The number of anilines is 1. The van der Waals surface area contributed by atoms with Crippen molar-refractivity contribution in [2.24, 2.45) is 5.92 Å². The van der Waals surface area contributed by atoms with Crippen LogP contribution in [0.3, 0.4) is 0 Å². The second-order valence-corrected chi connectivity index (χ2v) is 5.40. The summed E-state index contributed by atoms with van der Waals surface area (Å²) >= 11 is 6.10. The Morgan fingerprint density at radius 3 is 2.83 bits per heavy atom. The summed E-state index contributed by atoms with van der Waals surface area (Å²) in [6.07, 6.45) is 0.592. The van der Waals surface area contributed by atoms with Crippen molar-refractivity contribution in [1.82, 2.24) is 0 Å². The molecule has 1 aliphatic rings. The number of para-hydroxylation sites is 1. The molecule has 3 unspecified atom stereocenters. The quantitative estimate of drug-likeness (QED) is 0.853. The molecule has 1 saturated heterocycles. The minimum atomic E-state index is -0.344. The Hall–Kier alpha value is -1.06. The van der Waals surface area contributed by atoms with Crippen molar-refractivity contribution < 1.29 is 9.53 Å². The largest absolute Gasteiger partial charge is 0.368 e. The third-order valence-corrected chi connectivity index (χ3v) is 3.53. The van der Waals surface area contributed by atoms with E-state index in [1.54, 1.807) is 0 Å². The van der Waals surface area contributed by atoms with E-state index in [4.69, 9.17) is 16.3 Å². The van der Waals surface area contributed by atoms with Gasteiger partial charge in [0.25, 0.3) is 5.91 Å². The molecule has 3 atom stereocenters. The van der Waals surface area contributed by atoms with Gasteiger partial charge in [0.05, 0.1) is 5.38 Å². The lowest BCUT2D eigenvalue weighted by Gasteiger charge is -2.17. The SMILES string of the molecule is CC(Cl)c1ccccc1NC(=O)C1OCCC1C. The van der Waals surface area contributed by atoms with Gasteiger partial charge in [0.15, 0.2) is 0 Å². The van der Waals surface area contributed by atoms with Gasteiger partial charge in [0, 0.05) is 12.3 Å². The maximum Gasteiger partial charge on any atom is 0.253 e. The molecule has 0 aromatic heterocycles. The Balaban J connectivity index is 2.11.